The van der Waals surface area contributed by atoms with E-state index < -0.39 is 0 Å². The summed E-state index contributed by atoms with van der Waals surface area (Å²) in [5.74, 6) is 0.253. The summed E-state index contributed by atoms with van der Waals surface area (Å²) < 4.78 is 2.02. The largest absolute Gasteiger partial charge is 1.00 e. The monoisotopic (exact) mass is 265 g/mol. The molecule has 2 nitrogen and oxygen atoms in total. The molecule has 3 aromatic rings. The molecule has 2 aromatic heterocycles. The summed E-state index contributed by atoms with van der Waals surface area (Å²) in [5.41, 5.74) is 1.90. The highest BCUT2D eigenvalue weighted by Crippen LogP contribution is 2.26. The molecule has 0 saturated heterocycles. The van der Waals surface area contributed by atoms with Gasteiger partial charge in [-0.3, -0.25) is 0 Å². The molecule has 2 heterocycles. The molecule has 1 N–H and O–H groups in total. The number of fused-ring (bicyclic) bond motifs is 3. The SMILES string of the molecule is Oc1cc2cccc[n+]2c2ccc(Cl)cc12.[Cl-]. The Kier molecular flexibility index (Phi) is 3.09. The summed E-state index contributed by atoms with van der Waals surface area (Å²) >= 11 is 5.92. The van der Waals surface area contributed by atoms with E-state index in [0.29, 0.717) is 5.02 Å². The molecule has 0 saturated carbocycles. The van der Waals surface area contributed by atoms with Crippen LogP contribution < -0.4 is 16.8 Å². The number of pyridine rings is 2. The smallest absolute Gasteiger partial charge is 0.222 e. The van der Waals surface area contributed by atoms with Crippen molar-refractivity contribution < 1.29 is 21.9 Å². The normalized spacial score (nSPS) is 10.4. The first-order valence-corrected chi connectivity index (χ1v) is 5.35. The van der Waals surface area contributed by atoms with E-state index in [0.717, 1.165) is 16.4 Å². The van der Waals surface area contributed by atoms with E-state index in [1.807, 2.05) is 40.9 Å². The molecule has 0 aliphatic heterocycles. The molecular formula is C13H9Cl2NO. The number of aromatic hydroxyl groups is 1. The lowest BCUT2D eigenvalue weighted by atomic mass is 10.2. The summed E-state index contributed by atoms with van der Waals surface area (Å²) in [4.78, 5) is 0. The van der Waals surface area contributed by atoms with Crippen LogP contribution in [0.2, 0.25) is 5.02 Å². The van der Waals surface area contributed by atoms with Gasteiger partial charge in [0.25, 0.3) is 0 Å². The van der Waals surface area contributed by atoms with E-state index in [1.165, 1.54) is 0 Å². The predicted molar refractivity (Wildman–Crippen MR) is 63.8 cm³/mol. The first-order valence-electron chi connectivity index (χ1n) is 4.97. The van der Waals surface area contributed by atoms with E-state index in [4.69, 9.17) is 11.6 Å². The third-order valence-corrected chi connectivity index (χ3v) is 2.91. The maximum Gasteiger partial charge on any atom is 0.222 e. The summed E-state index contributed by atoms with van der Waals surface area (Å²) in [7, 11) is 0. The fourth-order valence-corrected chi connectivity index (χ4v) is 2.11. The second-order valence-corrected chi connectivity index (χ2v) is 4.12. The maximum absolute atomic E-state index is 9.92. The van der Waals surface area contributed by atoms with Crippen LogP contribution in [0.25, 0.3) is 16.4 Å². The Morgan fingerprint density at radius 1 is 1.06 bits per heavy atom. The Balaban J connectivity index is 0.00000108. The highest BCUT2D eigenvalue weighted by atomic mass is 35.5. The van der Waals surface area contributed by atoms with Gasteiger partial charge in [0.1, 0.15) is 5.75 Å². The van der Waals surface area contributed by atoms with Gasteiger partial charge < -0.3 is 17.5 Å². The molecule has 0 aliphatic rings. The first kappa shape index (κ1) is 12.0. The van der Waals surface area contributed by atoms with Crippen LogP contribution >= 0.6 is 11.6 Å². The molecule has 0 unspecified atom stereocenters. The summed E-state index contributed by atoms with van der Waals surface area (Å²) in [6.07, 6.45) is 1.96. The summed E-state index contributed by atoms with van der Waals surface area (Å²) in [6.45, 7) is 0. The van der Waals surface area contributed by atoms with E-state index in [9.17, 15) is 5.11 Å². The number of benzene rings is 1. The quantitative estimate of drug-likeness (QED) is 0.447. The molecule has 0 radical (unpaired) electrons. The number of hydrogen-bond acceptors (Lipinski definition) is 1. The van der Waals surface area contributed by atoms with Crippen molar-refractivity contribution in [1.82, 2.24) is 0 Å². The van der Waals surface area contributed by atoms with Crippen molar-refractivity contribution in [1.29, 1.82) is 0 Å². The molecule has 0 aliphatic carbocycles. The van der Waals surface area contributed by atoms with E-state index in [2.05, 4.69) is 0 Å². The van der Waals surface area contributed by atoms with Crippen molar-refractivity contribution in [3.63, 3.8) is 0 Å². The van der Waals surface area contributed by atoms with Crippen LogP contribution in [0.3, 0.4) is 0 Å². The summed E-state index contributed by atoms with van der Waals surface area (Å²) in [6, 6.07) is 13.1. The van der Waals surface area contributed by atoms with Crippen molar-refractivity contribution in [3.8, 4) is 5.75 Å². The molecule has 86 valence electrons. The van der Waals surface area contributed by atoms with E-state index >= 15 is 0 Å². The van der Waals surface area contributed by atoms with Crippen molar-refractivity contribution in [2.24, 2.45) is 0 Å². The number of nitrogens with zero attached hydrogens (tertiary/aromatic N) is 1. The third-order valence-electron chi connectivity index (χ3n) is 2.67. The molecule has 0 spiro atoms. The fraction of sp³-hybridized carbons (Fsp3) is 0. The van der Waals surface area contributed by atoms with Gasteiger partial charge in [-0.2, -0.15) is 4.40 Å². The Bertz CT molecular complexity index is 697. The standard InChI is InChI=1S/C13H8ClNO.ClH/c14-9-4-5-12-11(7-9)13(16)8-10-3-1-2-6-15(10)12;/h1-8H;1H. The molecule has 4 heteroatoms. The zero-order chi connectivity index (χ0) is 11.1. The van der Waals surface area contributed by atoms with Gasteiger partial charge in [-0.25, -0.2) is 0 Å². The minimum atomic E-state index is 0. The molecule has 0 bridgehead atoms. The second kappa shape index (κ2) is 4.40. The second-order valence-electron chi connectivity index (χ2n) is 3.69. The molecule has 0 amide bonds. The molecule has 1 aromatic carbocycles. The van der Waals surface area contributed by atoms with Gasteiger partial charge in [0, 0.05) is 23.2 Å². The topological polar surface area (TPSA) is 24.3 Å². The molecule has 3 rings (SSSR count). The Hall–Kier alpha value is -1.51. The van der Waals surface area contributed by atoms with Gasteiger partial charge in [0.15, 0.2) is 6.20 Å². The van der Waals surface area contributed by atoms with Crippen molar-refractivity contribution >= 4 is 28.0 Å². The fourth-order valence-electron chi connectivity index (χ4n) is 1.93. The number of rotatable bonds is 0. The first-order chi connectivity index (χ1) is 7.75. The number of halogens is 2. The van der Waals surface area contributed by atoms with Gasteiger partial charge in [-0.05, 0) is 18.2 Å². The highest BCUT2D eigenvalue weighted by Gasteiger charge is 2.12. The van der Waals surface area contributed by atoms with Crippen LogP contribution in [0.4, 0.5) is 0 Å². The van der Waals surface area contributed by atoms with Gasteiger partial charge in [-0.1, -0.05) is 11.6 Å². The number of aromatic nitrogens is 1. The third kappa shape index (κ3) is 1.90. The lowest BCUT2D eigenvalue weighted by Crippen LogP contribution is -3.00. The predicted octanol–water partition coefficient (Wildman–Crippen LogP) is -0.0585. The highest BCUT2D eigenvalue weighted by molar-refractivity contribution is 6.31. The zero-order valence-electron chi connectivity index (χ0n) is 8.77. The minimum Gasteiger partial charge on any atom is -1.00 e. The van der Waals surface area contributed by atoms with Crippen LogP contribution in [0.5, 0.6) is 5.75 Å². The van der Waals surface area contributed by atoms with Crippen LogP contribution in [-0.4, -0.2) is 5.11 Å². The molecular weight excluding hydrogens is 257 g/mol. The number of hydrogen-bond donors (Lipinski definition) is 1. The van der Waals surface area contributed by atoms with Crippen molar-refractivity contribution in [2.75, 3.05) is 0 Å². The van der Waals surface area contributed by atoms with E-state index in [-0.39, 0.29) is 18.2 Å². The molecule has 0 fully saturated rings. The van der Waals surface area contributed by atoms with Crippen molar-refractivity contribution in [3.05, 3.63) is 53.7 Å². The lowest BCUT2D eigenvalue weighted by molar-refractivity contribution is -0.481. The maximum atomic E-state index is 9.92. The van der Waals surface area contributed by atoms with Crippen LogP contribution in [0.15, 0.2) is 48.7 Å². The minimum absolute atomic E-state index is 0. The average Bonchev–Trinajstić information content (AvgIpc) is 2.29. The zero-order valence-corrected chi connectivity index (χ0v) is 10.3. The van der Waals surface area contributed by atoms with Gasteiger partial charge in [0.2, 0.25) is 11.0 Å². The average molecular weight is 266 g/mol. The Morgan fingerprint density at radius 3 is 2.71 bits per heavy atom. The molecule has 0 atom stereocenters. The van der Waals surface area contributed by atoms with Gasteiger partial charge in [0.05, 0.1) is 11.5 Å². The van der Waals surface area contributed by atoms with Gasteiger partial charge in [-0.15, -0.1) is 0 Å². The Morgan fingerprint density at radius 2 is 1.88 bits per heavy atom. The van der Waals surface area contributed by atoms with Crippen molar-refractivity contribution in [2.45, 2.75) is 0 Å². The van der Waals surface area contributed by atoms with E-state index in [1.54, 1.807) is 12.1 Å². The van der Waals surface area contributed by atoms with Crippen LogP contribution in [0, 0.1) is 0 Å². The Labute approximate surface area is 109 Å². The molecule has 17 heavy (non-hydrogen) atoms. The summed E-state index contributed by atoms with van der Waals surface area (Å²) in [5, 5.41) is 11.3. The van der Waals surface area contributed by atoms with Crippen LogP contribution in [0.1, 0.15) is 0 Å². The van der Waals surface area contributed by atoms with Crippen LogP contribution in [-0.2, 0) is 0 Å². The van der Waals surface area contributed by atoms with Gasteiger partial charge >= 0.3 is 0 Å². The lowest BCUT2D eigenvalue weighted by Gasteiger charge is -2.00.